The van der Waals surface area contributed by atoms with E-state index in [0.29, 0.717) is 5.56 Å². The van der Waals surface area contributed by atoms with E-state index < -0.39 is 9.84 Å². The Kier molecular flexibility index (Phi) is 8.73. The Balaban J connectivity index is 0.00000341. The van der Waals surface area contributed by atoms with Gasteiger partial charge < -0.3 is 15.3 Å². The van der Waals surface area contributed by atoms with Crippen LogP contribution in [0.25, 0.3) is 0 Å². The Hall–Kier alpha value is -2.75. The van der Waals surface area contributed by atoms with E-state index in [0.717, 1.165) is 6.26 Å². The van der Waals surface area contributed by atoms with Gasteiger partial charge in [0, 0.05) is 50.2 Å². The molecule has 0 unspecified atom stereocenters. The molecule has 3 aromatic rings. The number of nitrogens with zero attached hydrogens (tertiary/aromatic N) is 1. The van der Waals surface area contributed by atoms with Crippen LogP contribution >= 0.6 is 0 Å². The summed E-state index contributed by atoms with van der Waals surface area (Å²) in [6, 6.07) is 18.5. The number of carbonyl (C=O) groups is 1. The van der Waals surface area contributed by atoms with Gasteiger partial charge in [-0.15, -0.1) is 12.1 Å². The van der Waals surface area contributed by atoms with E-state index in [4.69, 9.17) is 4.84 Å². The Morgan fingerprint density at radius 2 is 1.87 bits per heavy atom. The first-order valence-electron chi connectivity index (χ1n) is 8.73. The van der Waals surface area contributed by atoms with Crippen molar-refractivity contribution in [2.75, 3.05) is 10.8 Å². The molecule has 8 nitrogen and oxygen atoms in total. The normalized spacial score (nSPS) is 11.2. The number of carbonyl (C=O) groups excluding carboxylic acids is 1. The maximum absolute atomic E-state index is 12.4. The second-order valence-corrected chi connectivity index (χ2v) is 8.15. The summed E-state index contributed by atoms with van der Waals surface area (Å²) in [4.78, 5) is 21.0. The van der Waals surface area contributed by atoms with Gasteiger partial charge in [-0.25, -0.2) is 18.9 Å². The van der Waals surface area contributed by atoms with E-state index in [9.17, 15) is 18.3 Å². The average Bonchev–Trinajstić information content (AvgIpc) is 2.76. The number of aromatic nitrogens is 1. The molecule has 2 aromatic carbocycles. The zero-order valence-electron chi connectivity index (χ0n) is 16.4. The van der Waals surface area contributed by atoms with Crippen LogP contribution in [0.3, 0.4) is 0 Å². The number of benzene rings is 2. The predicted octanol–water partition coefficient (Wildman–Crippen LogP) is 3.52. The molecule has 1 heterocycles. The molecule has 0 fully saturated rings. The van der Waals surface area contributed by atoms with Crippen molar-refractivity contribution >= 4 is 27.1 Å². The van der Waals surface area contributed by atoms with Crippen molar-refractivity contribution in [2.24, 2.45) is 0 Å². The number of phenolic OH excluding ortho intramolecular Hbond substituents is 1. The summed E-state index contributed by atoms with van der Waals surface area (Å²) in [6.45, 7) is 1.37. The molecule has 0 aliphatic carbocycles. The van der Waals surface area contributed by atoms with Crippen molar-refractivity contribution < 1.29 is 55.9 Å². The van der Waals surface area contributed by atoms with Crippen molar-refractivity contribution in [3.05, 3.63) is 89.7 Å². The van der Waals surface area contributed by atoms with E-state index >= 15 is 0 Å². The summed E-state index contributed by atoms with van der Waals surface area (Å²) >= 11 is 0. The summed E-state index contributed by atoms with van der Waals surface area (Å²) in [5.41, 5.74) is 3.30. The summed E-state index contributed by atoms with van der Waals surface area (Å²) < 4.78 is 24.7. The van der Waals surface area contributed by atoms with Crippen molar-refractivity contribution in [3.63, 3.8) is 0 Å². The van der Waals surface area contributed by atoms with Crippen LogP contribution in [0.2, 0.25) is 0 Å². The number of phenols is 1. The summed E-state index contributed by atoms with van der Waals surface area (Å²) in [5, 5.41) is 12.6. The van der Waals surface area contributed by atoms with Crippen LogP contribution in [0.1, 0.15) is 17.3 Å². The number of hydrogen-bond donors (Lipinski definition) is 3. The second-order valence-electron chi connectivity index (χ2n) is 6.09. The molecule has 1 radical (unpaired) electrons. The first-order chi connectivity index (χ1) is 14.4. The smallest absolute Gasteiger partial charge is 0.244 e. The number of aromatic hydroxyl groups is 1. The van der Waals surface area contributed by atoms with Crippen LogP contribution in [0, 0.1) is 6.07 Å². The van der Waals surface area contributed by atoms with E-state index in [-0.39, 0.29) is 65.7 Å². The number of anilines is 2. The maximum Gasteiger partial charge on any atom is 0.244 e. The monoisotopic (exact) mass is 513 g/mol. The van der Waals surface area contributed by atoms with Gasteiger partial charge >= 0.3 is 0 Å². The van der Waals surface area contributed by atoms with Crippen LogP contribution in [0.5, 0.6) is 5.75 Å². The molecule has 0 saturated carbocycles. The van der Waals surface area contributed by atoms with Crippen LogP contribution < -0.4 is 10.8 Å². The zero-order chi connectivity index (χ0) is 21.6. The van der Waals surface area contributed by atoms with Gasteiger partial charge in [0.05, 0.1) is 4.91 Å². The van der Waals surface area contributed by atoms with Crippen LogP contribution in [0.15, 0.2) is 83.1 Å². The topological polar surface area (TPSA) is 118 Å². The maximum atomic E-state index is 12.4. The molecule has 10 heteroatoms. The Morgan fingerprint density at radius 3 is 2.52 bits per heavy atom. The minimum atomic E-state index is -3.77. The minimum absolute atomic E-state index is 0. The third-order valence-corrected chi connectivity index (χ3v) is 5.68. The van der Waals surface area contributed by atoms with Gasteiger partial charge in [-0.1, -0.05) is 24.3 Å². The largest absolute Gasteiger partial charge is 0.531 e. The van der Waals surface area contributed by atoms with Crippen molar-refractivity contribution in [2.45, 2.75) is 11.9 Å². The van der Waals surface area contributed by atoms with E-state index in [1.165, 1.54) is 31.3 Å². The quantitative estimate of drug-likeness (QED) is 0.192. The second kappa shape index (κ2) is 11.0. The molecule has 157 valence electrons. The molecule has 1 amide bonds. The molecular formula is C21H18N3O5SY-. The number of allylic oxidation sites excluding steroid dienone is 1. The van der Waals surface area contributed by atoms with Crippen LogP contribution in [-0.4, -0.2) is 24.4 Å². The number of rotatable bonds is 7. The van der Waals surface area contributed by atoms with E-state index in [1.54, 1.807) is 42.5 Å². The molecule has 0 aliphatic rings. The van der Waals surface area contributed by atoms with Gasteiger partial charge in [0.2, 0.25) is 15.7 Å². The third kappa shape index (κ3) is 6.37. The Morgan fingerprint density at radius 1 is 1.16 bits per heavy atom. The molecule has 1 aromatic heterocycles. The number of nitrogens with one attached hydrogen (secondary N) is 2. The molecule has 0 spiro atoms. The molecular weight excluding hydrogens is 495 g/mol. The number of hydrogen-bond acceptors (Lipinski definition) is 7. The van der Waals surface area contributed by atoms with Crippen molar-refractivity contribution in [3.8, 4) is 5.75 Å². The van der Waals surface area contributed by atoms with Gasteiger partial charge in [0.15, 0.2) is 5.03 Å². The van der Waals surface area contributed by atoms with Gasteiger partial charge in [-0.05, 0) is 42.6 Å². The number of amides is 1. The van der Waals surface area contributed by atoms with Crippen LogP contribution in [0.4, 0.5) is 11.4 Å². The standard InChI is InChI=1S/C21H18N3O5S.Y/c1-15(30(27,28)20-9-5-6-12-22-20)14-29-24-17-10-11-18(19(25)13-17)23-21(26)16-7-3-2-4-8-16;/h2-9,11-14,24-25H,1H3,(H,23,26);/q-1;/b15-14-;. The fourth-order valence-corrected chi connectivity index (χ4v) is 3.30. The first kappa shape index (κ1) is 24.5. The van der Waals surface area contributed by atoms with E-state index in [1.807, 2.05) is 0 Å². The fraction of sp³-hybridized carbons (Fsp3) is 0.0476. The third-order valence-electron chi connectivity index (χ3n) is 3.94. The molecule has 0 bridgehead atoms. The minimum Gasteiger partial charge on any atom is -0.531 e. The van der Waals surface area contributed by atoms with Crippen molar-refractivity contribution in [1.29, 1.82) is 0 Å². The SMILES string of the molecule is C/C(=C/ONc1[c-]cc(NC(=O)c2ccccc2)c(O)c1)S(=O)(=O)c1ccccn1.[Y]. The molecule has 3 N–H and O–H groups in total. The molecule has 0 atom stereocenters. The fourth-order valence-electron chi connectivity index (χ4n) is 2.33. The predicted molar refractivity (Wildman–Crippen MR) is 111 cm³/mol. The first-order valence-corrected chi connectivity index (χ1v) is 10.2. The summed E-state index contributed by atoms with van der Waals surface area (Å²) in [6.07, 6.45) is 2.40. The number of sulfone groups is 1. The average molecular weight is 513 g/mol. The molecule has 31 heavy (non-hydrogen) atoms. The van der Waals surface area contributed by atoms with Gasteiger partial charge in [-0.2, -0.15) is 6.07 Å². The molecule has 0 aliphatic heterocycles. The molecule has 0 saturated heterocycles. The summed E-state index contributed by atoms with van der Waals surface area (Å²) in [7, 11) is -3.77. The van der Waals surface area contributed by atoms with Gasteiger partial charge in [0.25, 0.3) is 0 Å². The Bertz CT molecular complexity index is 1170. The molecule has 3 rings (SSSR count). The van der Waals surface area contributed by atoms with Gasteiger partial charge in [0.1, 0.15) is 6.26 Å². The summed E-state index contributed by atoms with van der Waals surface area (Å²) in [5.74, 6) is -0.597. The zero-order valence-corrected chi connectivity index (χ0v) is 20.1. The van der Waals surface area contributed by atoms with Crippen molar-refractivity contribution in [1.82, 2.24) is 4.98 Å². The van der Waals surface area contributed by atoms with Gasteiger partial charge in [-0.3, -0.25) is 4.79 Å². The Labute approximate surface area is 205 Å². The number of pyridine rings is 1. The van der Waals surface area contributed by atoms with Crippen LogP contribution in [-0.2, 0) is 47.4 Å². The van der Waals surface area contributed by atoms with E-state index in [2.05, 4.69) is 21.8 Å².